The third-order valence-corrected chi connectivity index (χ3v) is 4.16. The summed E-state index contributed by atoms with van der Waals surface area (Å²) in [6.45, 7) is 5.51. The number of hydrogen-bond donors (Lipinski definition) is 1. The van der Waals surface area contributed by atoms with Crippen LogP contribution in [0.25, 0.3) is 11.4 Å². The molecule has 1 N–H and O–H groups in total. The van der Waals surface area contributed by atoms with Gasteiger partial charge in [0.15, 0.2) is 5.82 Å². The first kappa shape index (κ1) is 16.1. The summed E-state index contributed by atoms with van der Waals surface area (Å²) in [5, 5.41) is 3.36. The molecule has 6 heteroatoms. The molecule has 0 spiro atoms. The number of rotatable bonds is 6. The number of anilines is 1. The molecule has 0 saturated heterocycles. The van der Waals surface area contributed by atoms with E-state index in [0.717, 1.165) is 39.2 Å². The molecule has 2 rings (SSSR count). The van der Waals surface area contributed by atoms with Gasteiger partial charge in [-0.2, -0.15) is 0 Å². The third-order valence-electron chi connectivity index (χ3n) is 3.02. The van der Waals surface area contributed by atoms with Crippen LogP contribution in [0.3, 0.4) is 0 Å². The second-order valence-corrected chi connectivity index (χ2v) is 5.79. The first-order chi connectivity index (χ1) is 10.2. The van der Waals surface area contributed by atoms with Crippen molar-refractivity contribution in [2.24, 2.45) is 0 Å². The molecule has 0 unspecified atom stereocenters. The summed E-state index contributed by atoms with van der Waals surface area (Å²) in [4.78, 5) is 13.5. The van der Waals surface area contributed by atoms with E-state index >= 15 is 0 Å². The standard InChI is InChI=1S/C15H19IN4O/c1-4-6-18-15-13(16)12(9-21-3)19-14(20-15)11-8-17-7-5-10(11)2/h5,7-8H,4,6,9H2,1-3H3,(H,18,19,20). The molecule has 2 aromatic heterocycles. The average Bonchev–Trinajstić information content (AvgIpc) is 2.49. The number of ether oxygens (including phenoxy) is 1. The Kier molecular flexibility index (Phi) is 5.86. The van der Waals surface area contributed by atoms with E-state index in [2.05, 4.69) is 49.8 Å². The zero-order valence-electron chi connectivity index (χ0n) is 12.5. The quantitative estimate of drug-likeness (QED) is 0.756. The fourth-order valence-electron chi connectivity index (χ4n) is 1.90. The number of hydrogen-bond acceptors (Lipinski definition) is 5. The van der Waals surface area contributed by atoms with E-state index in [4.69, 9.17) is 4.74 Å². The van der Waals surface area contributed by atoms with Crippen molar-refractivity contribution in [3.05, 3.63) is 33.3 Å². The zero-order valence-corrected chi connectivity index (χ0v) is 14.6. The first-order valence-corrected chi connectivity index (χ1v) is 7.95. The highest BCUT2D eigenvalue weighted by Crippen LogP contribution is 2.25. The van der Waals surface area contributed by atoms with Gasteiger partial charge in [-0.05, 0) is 47.6 Å². The number of aromatic nitrogens is 3. The maximum absolute atomic E-state index is 5.25. The van der Waals surface area contributed by atoms with Gasteiger partial charge < -0.3 is 10.1 Å². The van der Waals surface area contributed by atoms with Crippen molar-refractivity contribution in [1.82, 2.24) is 15.0 Å². The van der Waals surface area contributed by atoms with Crippen LogP contribution >= 0.6 is 22.6 Å². The zero-order chi connectivity index (χ0) is 15.2. The molecule has 0 radical (unpaired) electrons. The molecule has 5 nitrogen and oxygen atoms in total. The highest BCUT2D eigenvalue weighted by atomic mass is 127. The molecule has 0 amide bonds. The van der Waals surface area contributed by atoms with E-state index < -0.39 is 0 Å². The van der Waals surface area contributed by atoms with E-state index in [1.807, 2.05) is 13.0 Å². The summed E-state index contributed by atoms with van der Waals surface area (Å²) in [5.74, 6) is 1.55. The Hall–Kier alpha value is -1.28. The smallest absolute Gasteiger partial charge is 0.163 e. The Morgan fingerprint density at radius 1 is 1.33 bits per heavy atom. The van der Waals surface area contributed by atoms with Crippen molar-refractivity contribution >= 4 is 28.4 Å². The Morgan fingerprint density at radius 2 is 2.14 bits per heavy atom. The van der Waals surface area contributed by atoms with Gasteiger partial charge in [-0.25, -0.2) is 9.97 Å². The lowest BCUT2D eigenvalue weighted by atomic mass is 10.1. The van der Waals surface area contributed by atoms with Crippen molar-refractivity contribution < 1.29 is 4.74 Å². The normalized spacial score (nSPS) is 10.7. The van der Waals surface area contributed by atoms with Gasteiger partial charge in [-0.15, -0.1) is 0 Å². The summed E-state index contributed by atoms with van der Waals surface area (Å²) in [6.07, 6.45) is 4.62. The van der Waals surface area contributed by atoms with Gasteiger partial charge in [0.2, 0.25) is 0 Å². The Balaban J connectivity index is 2.50. The summed E-state index contributed by atoms with van der Waals surface area (Å²) < 4.78 is 6.26. The lowest BCUT2D eigenvalue weighted by Crippen LogP contribution is -2.10. The van der Waals surface area contributed by atoms with Crippen LogP contribution in [0.15, 0.2) is 18.5 Å². The highest BCUT2D eigenvalue weighted by Gasteiger charge is 2.14. The van der Waals surface area contributed by atoms with Gasteiger partial charge in [0.25, 0.3) is 0 Å². The van der Waals surface area contributed by atoms with Crippen LogP contribution in [0, 0.1) is 10.5 Å². The summed E-state index contributed by atoms with van der Waals surface area (Å²) in [7, 11) is 1.67. The maximum atomic E-state index is 5.25. The minimum Gasteiger partial charge on any atom is -0.378 e. The lowest BCUT2D eigenvalue weighted by Gasteiger charge is -2.13. The number of nitrogens with zero attached hydrogens (tertiary/aromatic N) is 3. The van der Waals surface area contributed by atoms with Gasteiger partial charge in [0.05, 0.1) is 15.9 Å². The summed E-state index contributed by atoms with van der Waals surface area (Å²) in [5.41, 5.74) is 2.95. The molecule has 0 atom stereocenters. The van der Waals surface area contributed by atoms with E-state index in [9.17, 15) is 0 Å². The molecule has 2 aromatic rings. The van der Waals surface area contributed by atoms with Crippen molar-refractivity contribution in [2.45, 2.75) is 26.9 Å². The van der Waals surface area contributed by atoms with Crippen LogP contribution in [0.2, 0.25) is 0 Å². The largest absolute Gasteiger partial charge is 0.378 e. The fourth-order valence-corrected chi connectivity index (χ4v) is 2.49. The van der Waals surface area contributed by atoms with E-state index in [1.165, 1.54) is 0 Å². The average molecular weight is 398 g/mol. The Morgan fingerprint density at radius 3 is 2.81 bits per heavy atom. The minimum atomic E-state index is 0.466. The molecular weight excluding hydrogens is 379 g/mol. The van der Waals surface area contributed by atoms with Gasteiger partial charge >= 0.3 is 0 Å². The summed E-state index contributed by atoms with van der Waals surface area (Å²) >= 11 is 2.27. The van der Waals surface area contributed by atoms with Crippen molar-refractivity contribution in [1.29, 1.82) is 0 Å². The van der Waals surface area contributed by atoms with Crippen LogP contribution in [0.5, 0.6) is 0 Å². The highest BCUT2D eigenvalue weighted by molar-refractivity contribution is 14.1. The summed E-state index contributed by atoms with van der Waals surface area (Å²) in [6, 6.07) is 1.96. The van der Waals surface area contributed by atoms with Crippen LogP contribution in [-0.4, -0.2) is 28.6 Å². The van der Waals surface area contributed by atoms with Gasteiger partial charge in [-0.1, -0.05) is 6.92 Å². The minimum absolute atomic E-state index is 0.466. The molecule has 0 aliphatic carbocycles. The molecule has 0 bridgehead atoms. The monoisotopic (exact) mass is 398 g/mol. The van der Waals surface area contributed by atoms with Crippen LogP contribution in [0.1, 0.15) is 24.6 Å². The second kappa shape index (κ2) is 7.65. The van der Waals surface area contributed by atoms with Crippen LogP contribution < -0.4 is 5.32 Å². The fraction of sp³-hybridized carbons (Fsp3) is 0.400. The topological polar surface area (TPSA) is 59.9 Å². The van der Waals surface area contributed by atoms with E-state index in [-0.39, 0.29) is 0 Å². The van der Waals surface area contributed by atoms with Gasteiger partial charge in [0.1, 0.15) is 5.82 Å². The number of halogens is 1. The molecule has 2 heterocycles. The van der Waals surface area contributed by atoms with Crippen molar-refractivity contribution in [3.63, 3.8) is 0 Å². The molecule has 0 aliphatic rings. The predicted molar refractivity (Wildman–Crippen MR) is 92.2 cm³/mol. The molecule has 0 aromatic carbocycles. The Labute approximate surface area is 138 Å². The second-order valence-electron chi connectivity index (χ2n) is 4.71. The Bertz CT molecular complexity index is 619. The SMILES string of the molecule is CCCNc1nc(-c2cnccc2C)nc(COC)c1I. The molecule has 112 valence electrons. The molecule has 0 fully saturated rings. The van der Waals surface area contributed by atoms with E-state index in [1.54, 1.807) is 19.5 Å². The number of aryl methyl sites for hydroxylation is 1. The number of methoxy groups -OCH3 is 1. The number of nitrogens with one attached hydrogen (secondary N) is 1. The molecular formula is C15H19IN4O. The number of pyridine rings is 1. The molecule has 0 saturated carbocycles. The van der Waals surface area contributed by atoms with Crippen molar-refractivity contribution in [2.75, 3.05) is 19.0 Å². The van der Waals surface area contributed by atoms with E-state index in [0.29, 0.717) is 12.4 Å². The molecule has 21 heavy (non-hydrogen) atoms. The molecule has 0 aliphatic heterocycles. The predicted octanol–water partition coefficient (Wildman–Crippen LogP) is 3.42. The third kappa shape index (κ3) is 3.88. The van der Waals surface area contributed by atoms with Gasteiger partial charge in [0, 0.05) is 31.6 Å². The van der Waals surface area contributed by atoms with Crippen molar-refractivity contribution in [3.8, 4) is 11.4 Å². The van der Waals surface area contributed by atoms with Crippen LogP contribution in [-0.2, 0) is 11.3 Å². The van der Waals surface area contributed by atoms with Gasteiger partial charge in [-0.3, -0.25) is 4.98 Å². The van der Waals surface area contributed by atoms with Crippen LogP contribution in [0.4, 0.5) is 5.82 Å². The maximum Gasteiger partial charge on any atom is 0.163 e. The lowest BCUT2D eigenvalue weighted by molar-refractivity contribution is 0.181. The first-order valence-electron chi connectivity index (χ1n) is 6.87.